The molecule has 21 heavy (non-hydrogen) atoms. The molecule has 1 aromatic carbocycles. The molecule has 0 radical (unpaired) electrons. The van der Waals surface area contributed by atoms with Gasteiger partial charge in [0.15, 0.2) is 0 Å². The second kappa shape index (κ2) is 6.90. The Morgan fingerprint density at radius 1 is 1.24 bits per heavy atom. The van der Waals surface area contributed by atoms with E-state index < -0.39 is 10.0 Å². The Bertz CT molecular complexity index is 548. The van der Waals surface area contributed by atoms with Crippen molar-refractivity contribution in [2.24, 2.45) is 0 Å². The Morgan fingerprint density at radius 2 is 1.81 bits per heavy atom. The molecule has 0 bridgehead atoms. The minimum Gasteiger partial charge on any atom is -0.310 e. The summed E-state index contributed by atoms with van der Waals surface area (Å²) >= 11 is 0. The van der Waals surface area contributed by atoms with Crippen molar-refractivity contribution in [3.8, 4) is 0 Å². The minimum atomic E-state index is -3.36. The highest BCUT2D eigenvalue weighted by Crippen LogP contribution is 2.27. The molecule has 1 aliphatic rings. The second-order valence-electron chi connectivity index (χ2n) is 5.81. The highest BCUT2D eigenvalue weighted by molar-refractivity contribution is 7.89. The molecule has 5 heteroatoms. The fourth-order valence-electron chi connectivity index (χ4n) is 2.98. The van der Waals surface area contributed by atoms with Gasteiger partial charge in [-0.05, 0) is 44.0 Å². The van der Waals surface area contributed by atoms with Crippen LogP contribution in [0.25, 0.3) is 0 Å². The van der Waals surface area contributed by atoms with Crippen LogP contribution in [0.5, 0.6) is 0 Å². The molecule has 1 atom stereocenters. The van der Waals surface area contributed by atoms with E-state index in [4.69, 9.17) is 0 Å². The fraction of sp³-hybridized carbons (Fsp3) is 0.625. The van der Waals surface area contributed by atoms with Crippen LogP contribution in [0.2, 0.25) is 0 Å². The fourth-order valence-corrected chi connectivity index (χ4v) is 4.40. The summed E-state index contributed by atoms with van der Waals surface area (Å²) in [6, 6.07) is 7.66. The number of sulfonamides is 1. The van der Waals surface area contributed by atoms with Crippen LogP contribution >= 0.6 is 0 Å². The van der Waals surface area contributed by atoms with Gasteiger partial charge in [-0.1, -0.05) is 31.9 Å². The number of hydrogen-bond acceptors (Lipinski definition) is 3. The highest BCUT2D eigenvalue weighted by atomic mass is 32.2. The standard InChI is InChI=1S/C16H26N2O2S/c1-4-17-13(2)14-9-11-16(12-10-14)21(19,20)18(3)15-7-5-6-8-15/h9-13,15,17H,4-8H2,1-3H3. The van der Waals surface area contributed by atoms with Gasteiger partial charge in [0, 0.05) is 19.1 Å². The van der Waals surface area contributed by atoms with Gasteiger partial charge < -0.3 is 5.32 Å². The summed E-state index contributed by atoms with van der Waals surface area (Å²) in [5, 5.41) is 3.33. The van der Waals surface area contributed by atoms with Gasteiger partial charge in [0.1, 0.15) is 0 Å². The number of nitrogens with one attached hydrogen (secondary N) is 1. The van der Waals surface area contributed by atoms with E-state index in [2.05, 4.69) is 19.2 Å². The lowest BCUT2D eigenvalue weighted by molar-refractivity contribution is 0.373. The number of nitrogens with zero attached hydrogens (tertiary/aromatic N) is 1. The van der Waals surface area contributed by atoms with Crippen molar-refractivity contribution < 1.29 is 8.42 Å². The van der Waals surface area contributed by atoms with E-state index in [-0.39, 0.29) is 12.1 Å². The van der Waals surface area contributed by atoms with Crippen LogP contribution in [0.15, 0.2) is 29.2 Å². The van der Waals surface area contributed by atoms with Gasteiger partial charge in [-0.3, -0.25) is 0 Å². The summed E-state index contributed by atoms with van der Waals surface area (Å²) in [5.41, 5.74) is 1.11. The molecule has 0 aromatic heterocycles. The summed E-state index contributed by atoms with van der Waals surface area (Å²) in [5.74, 6) is 0. The molecule has 1 saturated carbocycles. The molecule has 1 aliphatic carbocycles. The van der Waals surface area contributed by atoms with Gasteiger partial charge >= 0.3 is 0 Å². The van der Waals surface area contributed by atoms with Crippen LogP contribution in [-0.2, 0) is 10.0 Å². The van der Waals surface area contributed by atoms with Crippen LogP contribution < -0.4 is 5.32 Å². The van der Waals surface area contributed by atoms with E-state index in [0.717, 1.165) is 37.8 Å². The largest absolute Gasteiger partial charge is 0.310 e. The summed E-state index contributed by atoms with van der Waals surface area (Å²) in [4.78, 5) is 0.393. The lowest BCUT2D eigenvalue weighted by Crippen LogP contribution is -2.35. The zero-order valence-corrected chi connectivity index (χ0v) is 14.0. The van der Waals surface area contributed by atoms with Crippen molar-refractivity contribution in [1.82, 2.24) is 9.62 Å². The summed E-state index contributed by atoms with van der Waals surface area (Å²) in [7, 11) is -1.66. The maximum Gasteiger partial charge on any atom is 0.243 e. The summed E-state index contributed by atoms with van der Waals surface area (Å²) in [6.07, 6.45) is 4.21. The van der Waals surface area contributed by atoms with Crippen LogP contribution in [0.4, 0.5) is 0 Å². The lowest BCUT2D eigenvalue weighted by atomic mass is 10.1. The number of hydrogen-bond donors (Lipinski definition) is 1. The zero-order valence-electron chi connectivity index (χ0n) is 13.2. The van der Waals surface area contributed by atoms with Gasteiger partial charge in [0.05, 0.1) is 4.90 Å². The SMILES string of the molecule is CCNC(C)c1ccc(S(=O)(=O)N(C)C2CCCC2)cc1. The first kappa shape index (κ1) is 16.5. The molecule has 1 aromatic rings. The maximum atomic E-state index is 12.6. The highest BCUT2D eigenvalue weighted by Gasteiger charge is 2.29. The van der Waals surface area contributed by atoms with Crippen LogP contribution in [0.1, 0.15) is 51.1 Å². The normalized spacial score (nSPS) is 18.3. The molecule has 1 unspecified atom stereocenters. The Balaban J connectivity index is 2.16. The van der Waals surface area contributed by atoms with E-state index in [9.17, 15) is 8.42 Å². The van der Waals surface area contributed by atoms with Gasteiger partial charge in [-0.2, -0.15) is 4.31 Å². The van der Waals surface area contributed by atoms with Gasteiger partial charge in [0.2, 0.25) is 10.0 Å². The zero-order chi connectivity index (χ0) is 15.5. The topological polar surface area (TPSA) is 49.4 Å². The van der Waals surface area contributed by atoms with Crippen LogP contribution in [0, 0.1) is 0 Å². The third-order valence-electron chi connectivity index (χ3n) is 4.41. The van der Waals surface area contributed by atoms with Crippen molar-refractivity contribution in [2.75, 3.05) is 13.6 Å². The minimum absolute atomic E-state index is 0.162. The van der Waals surface area contributed by atoms with Crippen molar-refractivity contribution in [1.29, 1.82) is 0 Å². The molecule has 1 N–H and O–H groups in total. The maximum absolute atomic E-state index is 12.6. The Morgan fingerprint density at radius 3 is 2.33 bits per heavy atom. The smallest absolute Gasteiger partial charge is 0.243 e. The van der Waals surface area contributed by atoms with Crippen LogP contribution in [0.3, 0.4) is 0 Å². The van der Waals surface area contributed by atoms with Crippen LogP contribution in [-0.4, -0.2) is 32.4 Å². The molecule has 0 amide bonds. The van der Waals surface area contributed by atoms with E-state index in [1.165, 1.54) is 0 Å². The Labute approximate surface area is 128 Å². The Kier molecular flexibility index (Phi) is 5.41. The molecule has 0 aliphatic heterocycles. The first-order chi connectivity index (χ1) is 9.96. The van der Waals surface area contributed by atoms with E-state index in [0.29, 0.717) is 4.90 Å². The molecule has 1 fully saturated rings. The molecule has 2 rings (SSSR count). The molecular weight excluding hydrogens is 284 g/mol. The summed E-state index contributed by atoms with van der Waals surface area (Å²) < 4.78 is 26.8. The summed E-state index contributed by atoms with van der Waals surface area (Å²) in [6.45, 7) is 5.04. The average Bonchev–Trinajstić information content (AvgIpc) is 3.01. The molecule has 0 saturated heterocycles. The molecular formula is C16H26N2O2S. The van der Waals surface area contributed by atoms with Crippen molar-refractivity contribution in [3.05, 3.63) is 29.8 Å². The average molecular weight is 310 g/mol. The molecule has 0 spiro atoms. The van der Waals surface area contributed by atoms with Gasteiger partial charge in [-0.25, -0.2) is 8.42 Å². The monoisotopic (exact) mass is 310 g/mol. The third-order valence-corrected chi connectivity index (χ3v) is 6.33. The van der Waals surface area contributed by atoms with E-state index >= 15 is 0 Å². The predicted molar refractivity (Wildman–Crippen MR) is 85.7 cm³/mol. The van der Waals surface area contributed by atoms with Crippen molar-refractivity contribution in [3.63, 3.8) is 0 Å². The molecule has 4 nitrogen and oxygen atoms in total. The quantitative estimate of drug-likeness (QED) is 0.879. The third kappa shape index (κ3) is 3.65. The van der Waals surface area contributed by atoms with Gasteiger partial charge in [-0.15, -0.1) is 0 Å². The van der Waals surface area contributed by atoms with E-state index in [1.54, 1.807) is 23.5 Å². The first-order valence-corrected chi connectivity index (χ1v) is 9.22. The Hall–Kier alpha value is -0.910. The predicted octanol–water partition coefficient (Wildman–Crippen LogP) is 2.92. The molecule has 0 heterocycles. The van der Waals surface area contributed by atoms with E-state index in [1.807, 2.05) is 12.1 Å². The van der Waals surface area contributed by atoms with Crippen molar-refractivity contribution in [2.45, 2.75) is 56.5 Å². The first-order valence-electron chi connectivity index (χ1n) is 7.78. The second-order valence-corrected chi connectivity index (χ2v) is 7.81. The molecule has 118 valence electrons. The number of rotatable bonds is 6. The van der Waals surface area contributed by atoms with Gasteiger partial charge in [0.25, 0.3) is 0 Å². The van der Waals surface area contributed by atoms with Crippen molar-refractivity contribution >= 4 is 10.0 Å². The lowest BCUT2D eigenvalue weighted by Gasteiger charge is -2.24. The number of benzene rings is 1.